The summed E-state index contributed by atoms with van der Waals surface area (Å²) in [4.78, 5) is 0. The highest BCUT2D eigenvalue weighted by Crippen LogP contribution is 2.02. The molecule has 0 rings (SSSR count). The molecule has 3 atom stereocenters. The maximum atomic E-state index is 9.14. The van der Waals surface area contributed by atoms with Gasteiger partial charge in [0.05, 0.1) is 6.61 Å². The van der Waals surface area contributed by atoms with Gasteiger partial charge in [0.2, 0.25) is 0 Å². The molecule has 4 heteroatoms. The van der Waals surface area contributed by atoms with Crippen molar-refractivity contribution in [1.82, 2.24) is 16.0 Å². The van der Waals surface area contributed by atoms with Crippen LogP contribution < -0.4 is 16.0 Å². The second kappa shape index (κ2) is 7.26. The highest BCUT2D eigenvalue weighted by molar-refractivity contribution is 4.88. The van der Waals surface area contributed by atoms with E-state index in [1.807, 2.05) is 21.1 Å². The van der Waals surface area contributed by atoms with Crippen molar-refractivity contribution in [2.24, 2.45) is 0 Å². The van der Waals surface area contributed by atoms with E-state index in [2.05, 4.69) is 22.9 Å². The molecule has 0 aliphatic rings. The summed E-state index contributed by atoms with van der Waals surface area (Å²) < 4.78 is 0. The molecule has 0 saturated carbocycles. The van der Waals surface area contributed by atoms with Gasteiger partial charge in [0.25, 0.3) is 0 Å². The molecule has 80 valence electrons. The molecule has 13 heavy (non-hydrogen) atoms. The minimum Gasteiger partial charge on any atom is -0.395 e. The SMILES string of the molecule is CCC(NC)C(NC)C(CO)NC. The molecule has 0 amide bonds. The summed E-state index contributed by atoms with van der Waals surface area (Å²) >= 11 is 0. The molecule has 0 heterocycles. The van der Waals surface area contributed by atoms with Crippen LogP contribution in [-0.4, -0.2) is 51.0 Å². The van der Waals surface area contributed by atoms with Crippen LogP contribution in [0.5, 0.6) is 0 Å². The normalized spacial score (nSPS) is 18.2. The first-order valence-electron chi connectivity index (χ1n) is 4.87. The number of aliphatic hydroxyl groups is 1. The molecule has 0 aromatic rings. The minimum absolute atomic E-state index is 0.0994. The van der Waals surface area contributed by atoms with E-state index >= 15 is 0 Å². The molecule has 0 aliphatic heterocycles. The zero-order chi connectivity index (χ0) is 10.3. The molecule has 0 aliphatic carbocycles. The molecular weight excluding hydrogens is 166 g/mol. The fourth-order valence-corrected chi connectivity index (χ4v) is 1.70. The Bertz CT molecular complexity index is 101. The van der Waals surface area contributed by atoms with E-state index in [-0.39, 0.29) is 18.7 Å². The third-order valence-electron chi connectivity index (χ3n) is 2.58. The largest absolute Gasteiger partial charge is 0.395 e. The molecule has 0 fully saturated rings. The zero-order valence-corrected chi connectivity index (χ0v) is 9.09. The fraction of sp³-hybridized carbons (Fsp3) is 1.00. The number of hydrogen-bond donors (Lipinski definition) is 4. The summed E-state index contributed by atoms with van der Waals surface area (Å²) in [6.07, 6.45) is 1.04. The van der Waals surface area contributed by atoms with Crippen LogP contribution in [0.25, 0.3) is 0 Å². The van der Waals surface area contributed by atoms with Gasteiger partial charge in [0.1, 0.15) is 0 Å². The van der Waals surface area contributed by atoms with Gasteiger partial charge in [-0.05, 0) is 27.6 Å². The first-order valence-corrected chi connectivity index (χ1v) is 4.87. The Hall–Kier alpha value is -0.160. The molecule has 0 spiro atoms. The van der Waals surface area contributed by atoms with E-state index in [4.69, 9.17) is 5.11 Å². The van der Waals surface area contributed by atoms with Crippen LogP contribution in [0.15, 0.2) is 0 Å². The van der Waals surface area contributed by atoms with Crippen LogP contribution in [0, 0.1) is 0 Å². The predicted molar refractivity (Wildman–Crippen MR) is 55.9 cm³/mol. The molecule has 0 radical (unpaired) electrons. The molecule has 3 unspecified atom stereocenters. The molecule has 0 bridgehead atoms. The number of likely N-dealkylation sites (N-methyl/N-ethyl adjacent to an activating group) is 3. The van der Waals surface area contributed by atoms with Crippen LogP contribution in [0.2, 0.25) is 0 Å². The minimum atomic E-state index is 0.0994. The second-order valence-corrected chi connectivity index (χ2v) is 3.20. The van der Waals surface area contributed by atoms with Gasteiger partial charge >= 0.3 is 0 Å². The molecule has 4 N–H and O–H groups in total. The lowest BCUT2D eigenvalue weighted by Crippen LogP contribution is -2.57. The number of rotatable bonds is 7. The number of hydrogen-bond acceptors (Lipinski definition) is 4. The van der Waals surface area contributed by atoms with Gasteiger partial charge in [-0.3, -0.25) is 0 Å². The average molecular weight is 189 g/mol. The Labute approximate surface area is 81.1 Å². The van der Waals surface area contributed by atoms with E-state index in [9.17, 15) is 0 Å². The van der Waals surface area contributed by atoms with Crippen molar-refractivity contribution in [3.8, 4) is 0 Å². The predicted octanol–water partition coefficient (Wildman–Crippen LogP) is -0.847. The number of aliphatic hydroxyl groups excluding tert-OH is 1. The van der Waals surface area contributed by atoms with Gasteiger partial charge in [-0.1, -0.05) is 6.92 Å². The van der Waals surface area contributed by atoms with Gasteiger partial charge in [-0.15, -0.1) is 0 Å². The standard InChI is InChI=1S/C9H23N3O/c1-5-7(10-2)9(12-4)8(6-13)11-3/h7-13H,5-6H2,1-4H3. The third-order valence-corrected chi connectivity index (χ3v) is 2.58. The smallest absolute Gasteiger partial charge is 0.0600 e. The van der Waals surface area contributed by atoms with Gasteiger partial charge in [0.15, 0.2) is 0 Å². The molecule has 0 aromatic carbocycles. The van der Waals surface area contributed by atoms with Crippen molar-refractivity contribution in [2.75, 3.05) is 27.7 Å². The third kappa shape index (κ3) is 3.60. The fourth-order valence-electron chi connectivity index (χ4n) is 1.70. The summed E-state index contributed by atoms with van der Waals surface area (Å²) in [5, 5.41) is 18.7. The Kier molecular flexibility index (Phi) is 7.17. The number of nitrogens with one attached hydrogen (secondary N) is 3. The highest BCUT2D eigenvalue weighted by atomic mass is 16.3. The van der Waals surface area contributed by atoms with E-state index < -0.39 is 0 Å². The van der Waals surface area contributed by atoms with Crippen LogP contribution in [-0.2, 0) is 0 Å². The topological polar surface area (TPSA) is 56.3 Å². The first kappa shape index (κ1) is 12.8. The lowest BCUT2D eigenvalue weighted by molar-refractivity contribution is 0.199. The van der Waals surface area contributed by atoms with Crippen molar-refractivity contribution in [2.45, 2.75) is 31.5 Å². The van der Waals surface area contributed by atoms with Gasteiger partial charge in [0, 0.05) is 18.1 Å². The Morgan fingerprint density at radius 2 is 1.54 bits per heavy atom. The van der Waals surface area contributed by atoms with Crippen molar-refractivity contribution >= 4 is 0 Å². The van der Waals surface area contributed by atoms with Gasteiger partial charge in [-0.2, -0.15) is 0 Å². The summed E-state index contributed by atoms with van der Waals surface area (Å²) in [5.41, 5.74) is 0. The highest BCUT2D eigenvalue weighted by Gasteiger charge is 2.24. The van der Waals surface area contributed by atoms with Crippen molar-refractivity contribution < 1.29 is 5.11 Å². The monoisotopic (exact) mass is 189 g/mol. The van der Waals surface area contributed by atoms with E-state index in [0.29, 0.717) is 6.04 Å². The maximum absolute atomic E-state index is 9.14. The summed E-state index contributed by atoms with van der Waals surface area (Å²) in [7, 11) is 5.74. The van der Waals surface area contributed by atoms with Crippen molar-refractivity contribution in [3.05, 3.63) is 0 Å². The Morgan fingerprint density at radius 3 is 1.77 bits per heavy atom. The molecular formula is C9H23N3O. The lowest BCUT2D eigenvalue weighted by atomic mass is 9.98. The van der Waals surface area contributed by atoms with Crippen LogP contribution in [0.3, 0.4) is 0 Å². The lowest BCUT2D eigenvalue weighted by Gasteiger charge is -2.31. The van der Waals surface area contributed by atoms with E-state index in [0.717, 1.165) is 6.42 Å². The molecule has 0 saturated heterocycles. The maximum Gasteiger partial charge on any atom is 0.0600 e. The second-order valence-electron chi connectivity index (χ2n) is 3.20. The van der Waals surface area contributed by atoms with Crippen molar-refractivity contribution in [3.63, 3.8) is 0 Å². The van der Waals surface area contributed by atoms with E-state index in [1.165, 1.54) is 0 Å². The Morgan fingerprint density at radius 1 is 1.00 bits per heavy atom. The van der Waals surface area contributed by atoms with Gasteiger partial charge in [-0.25, -0.2) is 0 Å². The van der Waals surface area contributed by atoms with E-state index in [1.54, 1.807) is 0 Å². The zero-order valence-electron chi connectivity index (χ0n) is 9.09. The van der Waals surface area contributed by atoms with Crippen LogP contribution in [0.4, 0.5) is 0 Å². The Balaban J connectivity index is 4.26. The quantitative estimate of drug-likeness (QED) is 0.421. The van der Waals surface area contributed by atoms with Gasteiger partial charge < -0.3 is 21.1 Å². The summed E-state index contributed by atoms with van der Waals surface area (Å²) in [6, 6.07) is 0.738. The van der Waals surface area contributed by atoms with Crippen LogP contribution >= 0.6 is 0 Å². The van der Waals surface area contributed by atoms with Crippen molar-refractivity contribution in [1.29, 1.82) is 0 Å². The molecule has 4 nitrogen and oxygen atoms in total. The summed E-state index contributed by atoms with van der Waals surface area (Å²) in [6.45, 7) is 2.29. The summed E-state index contributed by atoms with van der Waals surface area (Å²) in [5.74, 6) is 0. The van der Waals surface area contributed by atoms with Crippen LogP contribution in [0.1, 0.15) is 13.3 Å². The first-order chi connectivity index (χ1) is 6.24. The molecule has 0 aromatic heterocycles. The average Bonchev–Trinajstić information content (AvgIpc) is 2.18.